The minimum atomic E-state index is 0.465. The van der Waals surface area contributed by atoms with Gasteiger partial charge in [-0.15, -0.1) is 0 Å². The summed E-state index contributed by atoms with van der Waals surface area (Å²) in [6, 6.07) is 17.8. The fourth-order valence-electron chi connectivity index (χ4n) is 4.41. The number of fused-ring (bicyclic) bond motifs is 2. The zero-order chi connectivity index (χ0) is 25.3. The van der Waals surface area contributed by atoms with Gasteiger partial charge in [0.1, 0.15) is 23.6 Å². The molecule has 9 nitrogen and oxygen atoms in total. The topological polar surface area (TPSA) is 118 Å². The van der Waals surface area contributed by atoms with E-state index in [9.17, 15) is 0 Å². The lowest BCUT2D eigenvalue weighted by Crippen LogP contribution is -1.96. The first-order chi connectivity index (χ1) is 18.8. The molecule has 1 aromatic carbocycles. The van der Waals surface area contributed by atoms with Crippen LogP contribution in [-0.4, -0.2) is 40.1 Å². The van der Waals surface area contributed by atoms with Crippen LogP contribution in [0.2, 0.25) is 0 Å². The van der Waals surface area contributed by atoms with Gasteiger partial charge in [-0.2, -0.15) is 5.10 Å². The molecule has 7 rings (SSSR count). The smallest absolute Gasteiger partial charge is 0.159 e. The maximum absolute atomic E-state index is 5.97. The van der Waals surface area contributed by atoms with Gasteiger partial charge in [0.2, 0.25) is 0 Å². The summed E-state index contributed by atoms with van der Waals surface area (Å²) in [5.74, 6) is 1.31. The van der Waals surface area contributed by atoms with Crippen molar-refractivity contribution in [1.82, 2.24) is 40.1 Å². The summed E-state index contributed by atoms with van der Waals surface area (Å²) in [5, 5.41) is 8.50. The zero-order valence-electron chi connectivity index (χ0n) is 20.0. The van der Waals surface area contributed by atoms with Gasteiger partial charge >= 0.3 is 0 Å². The third-order valence-electron chi connectivity index (χ3n) is 6.30. The van der Waals surface area contributed by atoms with E-state index in [1.165, 1.54) is 0 Å². The van der Waals surface area contributed by atoms with Crippen LogP contribution in [0.1, 0.15) is 5.56 Å². The van der Waals surface area contributed by atoms with Gasteiger partial charge in [-0.1, -0.05) is 36.4 Å². The second kappa shape index (κ2) is 9.21. The van der Waals surface area contributed by atoms with E-state index in [0.29, 0.717) is 23.9 Å². The van der Waals surface area contributed by atoms with Gasteiger partial charge in [0.25, 0.3) is 0 Å². The molecule has 0 aliphatic carbocycles. The largest absolute Gasteiger partial charge is 0.487 e. The normalized spacial score (nSPS) is 11.3. The Morgan fingerprint density at radius 3 is 2.55 bits per heavy atom. The number of pyridine rings is 4. The standard InChI is InChI=1S/C29H20N8O/c1-2-5-18(6-3-1)17-38-21-9-20(12-31-13-21)24-10-22-25(16-33-24)36-37-28(22)29-34-26-15-32-14-23(27(26)35-29)19-7-4-8-30-11-19/h1-16H,17H2,(H,34,35)(H,36,37). The van der Waals surface area contributed by atoms with Crippen molar-refractivity contribution in [2.75, 3.05) is 0 Å². The minimum Gasteiger partial charge on any atom is -0.487 e. The van der Waals surface area contributed by atoms with Crippen LogP contribution in [0.15, 0.2) is 98.0 Å². The Bertz CT molecular complexity index is 1880. The van der Waals surface area contributed by atoms with Crippen molar-refractivity contribution >= 4 is 21.9 Å². The highest BCUT2D eigenvalue weighted by atomic mass is 16.5. The predicted molar refractivity (Wildman–Crippen MR) is 144 cm³/mol. The van der Waals surface area contributed by atoms with Crippen LogP contribution < -0.4 is 4.74 Å². The van der Waals surface area contributed by atoms with E-state index < -0.39 is 0 Å². The molecule has 0 fully saturated rings. The Labute approximate surface area is 216 Å². The van der Waals surface area contributed by atoms with Crippen LogP contribution >= 0.6 is 0 Å². The van der Waals surface area contributed by atoms with Crippen molar-refractivity contribution in [3.05, 3.63) is 104 Å². The van der Waals surface area contributed by atoms with Crippen LogP contribution in [0.5, 0.6) is 5.75 Å². The Hall–Kier alpha value is -5.44. The second-order valence-electron chi connectivity index (χ2n) is 8.78. The molecular formula is C29H20N8O. The van der Waals surface area contributed by atoms with Crippen LogP contribution in [0.4, 0.5) is 0 Å². The van der Waals surface area contributed by atoms with Crippen LogP contribution in [0.3, 0.4) is 0 Å². The highest BCUT2D eigenvalue weighted by Gasteiger charge is 2.17. The Morgan fingerprint density at radius 2 is 1.66 bits per heavy atom. The minimum absolute atomic E-state index is 0.465. The number of H-pyrrole nitrogens is 2. The van der Waals surface area contributed by atoms with Gasteiger partial charge in [-0.3, -0.25) is 25.0 Å². The number of nitrogens with zero attached hydrogens (tertiary/aromatic N) is 6. The first-order valence-electron chi connectivity index (χ1n) is 12.0. The van der Waals surface area contributed by atoms with Gasteiger partial charge < -0.3 is 9.72 Å². The number of benzene rings is 1. The molecule has 0 atom stereocenters. The molecule has 0 amide bonds. The predicted octanol–water partition coefficient (Wildman–Crippen LogP) is 5.60. The van der Waals surface area contributed by atoms with Crippen molar-refractivity contribution in [3.8, 4) is 39.7 Å². The van der Waals surface area contributed by atoms with Gasteiger partial charge in [-0.05, 0) is 23.8 Å². The van der Waals surface area contributed by atoms with Gasteiger partial charge in [-0.25, -0.2) is 4.98 Å². The Kier molecular flexibility index (Phi) is 5.29. The van der Waals surface area contributed by atoms with E-state index in [4.69, 9.17) is 9.72 Å². The molecule has 7 aromatic rings. The highest BCUT2D eigenvalue weighted by molar-refractivity contribution is 5.97. The number of aromatic amines is 2. The number of hydrogen-bond donors (Lipinski definition) is 2. The summed E-state index contributed by atoms with van der Waals surface area (Å²) in [5.41, 5.74) is 7.67. The van der Waals surface area contributed by atoms with Crippen molar-refractivity contribution in [1.29, 1.82) is 0 Å². The molecule has 0 saturated heterocycles. The molecule has 0 saturated carbocycles. The lowest BCUT2D eigenvalue weighted by Gasteiger charge is -2.08. The Balaban J connectivity index is 1.24. The van der Waals surface area contributed by atoms with Crippen LogP contribution in [-0.2, 0) is 6.61 Å². The van der Waals surface area contributed by atoms with Crippen molar-refractivity contribution in [2.24, 2.45) is 0 Å². The SMILES string of the molecule is c1ccc(COc2cncc(-c3cc4c(-c5nc6c(-c7cccnc7)cncc6[nH]5)n[nH]c4cn3)c2)cc1. The maximum atomic E-state index is 5.97. The fraction of sp³-hybridized carbons (Fsp3) is 0.0345. The molecule has 2 N–H and O–H groups in total. The van der Waals surface area contributed by atoms with E-state index in [1.807, 2.05) is 54.6 Å². The van der Waals surface area contributed by atoms with Crippen molar-refractivity contribution in [2.45, 2.75) is 6.61 Å². The first-order valence-corrected chi connectivity index (χ1v) is 12.0. The van der Waals surface area contributed by atoms with Gasteiger partial charge in [0.15, 0.2) is 5.82 Å². The Morgan fingerprint density at radius 1 is 0.763 bits per heavy atom. The number of imidazole rings is 1. The average Bonchev–Trinajstić information content (AvgIpc) is 3.61. The summed E-state index contributed by atoms with van der Waals surface area (Å²) >= 11 is 0. The average molecular weight is 497 g/mol. The van der Waals surface area contributed by atoms with E-state index in [1.54, 1.807) is 43.4 Å². The lowest BCUT2D eigenvalue weighted by molar-refractivity contribution is 0.305. The molecule has 0 unspecified atom stereocenters. The number of ether oxygens (including phenoxy) is 1. The highest BCUT2D eigenvalue weighted by Crippen LogP contribution is 2.32. The zero-order valence-corrected chi connectivity index (χ0v) is 20.0. The van der Waals surface area contributed by atoms with Crippen molar-refractivity contribution in [3.63, 3.8) is 0 Å². The summed E-state index contributed by atoms with van der Waals surface area (Å²) in [7, 11) is 0. The molecule has 6 aromatic heterocycles. The second-order valence-corrected chi connectivity index (χ2v) is 8.78. The molecule has 9 heteroatoms. The molecule has 0 aliphatic heterocycles. The molecule has 6 heterocycles. The summed E-state index contributed by atoms with van der Waals surface area (Å²) in [6.07, 6.45) is 12.4. The third-order valence-corrected chi connectivity index (χ3v) is 6.30. The van der Waals surface area contributed by atoms with Crippen molar-refractivity contribution < 1.29 is 4.74 Å². The quantitative estimate of drug-likeness (QED) is 0.308. The number of nitrogens with one attached hydrogen (secondary N) is 2. The van der Waals surface area contributed by atoms with E-state index in [0.717, 1.165) is 49.9 Å². The molecule has 0 bridgehead atoms. The number of aromatic nitrogens is 8. The number of hydrogen-bond acceptors (Lipinski definition) is 7. The molecule has 182 valence electrons. The van der Waals surface area contributed by atoms with Gasteiger partial charge in [0, 0.05) is 46.9 Å². The van der Waals surface area contributed by atoms with E-state index in [2.05, 4.69) is 35.1 Å². The molecule has 0 radical (unpaired) electrons. The fourth-order valence-corrected chi connectivity index (χ4v) is 4.41. The molecule has 38 heavy (non-hydrogen) atoms. The van der Waals surface area contributed by atoms with E-state index >= 15 is 0 Å². The van der Waals surface area contributed by atoms with Gasteiger partial charge in [0.05, 0.1) is 35.3 Å². The van der Waals surface area contributed by atoms with Crippen LogP contribution in [0.25, 0.3) is 55.8 Å². The lowest BCUT2D eigenvalue weighted by atomic mass is 10.1. The summed E-state index contributed by atoms with van der Waals surface area (Å²) in [6.45, 7) is 0.465. The van der Waals surface area contributed by atoms with Crippen LogP contribution in [0, 0.1) is 0 Å². The first kappa shape index (κ1) is 21.8. The molecular weight excluding hydrogens is 476 g/mol. The summed E-state index contributed by atoms with van der Waals surface area (Å²) < 4.78 is 5.97. The molecule has 0 spiro atoms. The van der Waals surface area contributed by atoms with E-state index in [-0.39, 0.29) is 0 Å². The number of rotatable bonds is 6. The summed E-state index contributed by atoms with van der Waals surface area (Å²) in [4.78, 5) is 25.9. The maximum Gasteiger partial charge on any atom is 0.159 e. The monoisotopic (exact) mass is 496 g/mol. The molecule has 0 aliphatic rings. The third kappa shape index (κ3) is 4.01.